The maximum atomic E-state index is 13.7. The number of nitrogens with zero attached hydrogens (tertiary/aromatic N) is 4. The number of hydrogen-bond donors (Lipinski definition) is 1. The fourth-order valence-electron chi connectivity index (χ4n) is 4.94. The van der Waals surface area contributed by atoms with Crippen LogP contribution in [-0.4, -0.2) is 90.7 Å². The summed E-state index contributed by atoms with van der Waals surface area (Å²) in [5.74, 6) is 0.252. The zero-order valence-corrected chi connectivity index (χ0v) is 24.6. The van der Waals surface area contributed by atoms with E-state index >= 15 is 0 Å². The molecule has 1 N–H and O–H groups in total. The number of nitrogens with one attached hydrogen (secondary N) is 1. The molecule has 0 radical (unpaired) electrons. The minimum Gasteiger partial charge on any atom is -0.493 e. The normalized spacial score (nSPS) is 14.9. The van der Waals surface area contributed by atoms with Crippen molar-refractivity contribution in [1.29, 1.82) is 0 Å². The molecule has 0 aliphatic carbocycles. The van der Waals surface area contributed by atoms with E-state index in [4.69, 9.17) is 14.5 Å². The number of aromatic amines is 1. The second-order valence-electron chi connectivity index (χ2n) is 9.94. The van der Waals surface area contributed by atoms with Gasteiger partial charge in [0.05, 0.1) is 29.3 Å². The molecular formula is C28H38FN5O6S. The summed E-state index contributed by atoms with van der Waals surface area (Å²) in [6, 6.07) is 4.60. The van der Waals surface area contributed by atoms with Crippen molar-refractivity contribution in [2.24, 2.45) is 0 Å². The van der Waals surface area contributed by atoms with Gasteiger partial charge in [-0.25, -0.2) is 13.4 Å². The largest absolute Gasteiger partial charge is 0.493 e. The molecule has 11 nitrogen and oxygen atoms in total. The van der Waals surface area contributed by atoms with Gasteiger partial charge in [-0.3, -0.25) is 18.9 Å². The van der Waals surface area contributed by atoms with Crippen molar-refractivity contribution in [3.63, 3.8) is 0 Å². The monoisotopic (exact) mass is 591 g/mol. The molecule has 1 aliphatic rings. The lowest BCUT2D eigenvalue weighted by Gasteiger charge is -2.33. The molecule has 0 bridgehead atoms. The van der Waals surface area contributed by atoms with Crippen molar-refractivity contribution in [3.8, 4) is 17.1 Å². The van der Waals surface area contributed by atoms with Crippen molar-refractivity contribution >= 4 is 27.0 Å². The number of carbonyl (C=O) groups excluding carboxylic acids is 1. The first-order valence-corrected chi connectivity index (χ1v) is 15.4. The Labute approximate surface area is 239 Å². The summed E-state index contributed by atoms with van der Waals surface area (Å²) in [7, 11) is -3.86. The average Bonchev–Trinajstić information content (AvgIpc) is 3.33. The van der Waals surface area contributed by atoms with Gasteiger partial charge in [0.2, 0.25) is 10.0 Å². The predicted molar refractivity (Wildman–Crippen MR) is 153 cm³/mol. The Kier molecular flexibility index (Phi) is 10.2. The molecule has 13 heteroatoms. The third-order valence-corrected chi connectivity index (χ3v) is 8.96. The number of H-pyrrole nitrogens is 1. The maximum absolute atomic E-state index is 13.7. The Balaban J connectivity index is 1.68. The molecule has 1 aliphatic heterocycles. The summed E-state index contributed by atoms with van der Waals surface area (Å²) in [5.41, 5.74) is 1.63. The van der Waals surface area contributed by atoms with Crippen LogP contribution in [0.4, 0.5) is 4.39 Å². The van der Waals surface area contributed by atoms with Gasteiger partial charge in [0.15, 0.2) is 0 Å². The number of fused-ring (bicyclic) bond motifs is 1. The van der Waals surface area contributed by atoms with Gasteiger partial charge < -0.3 is 19.0 Å². The number of ether oxygens (including phenoxy) is 2. The molecule has 0 atom stereocenters. The number of alkyl halides is 1. The van der Waals surface area contributed by atoms with E-state index in [1.165, 1.54) is 23.4 Å². The minimum absolute atomic E-state index is 0.0660. The molecule has 1 fully saturated rings. The van der Waals surface area contributed by atoms with Gasteiger partial charge in [-0.05, 0) is 49.9 Å². The second-order valence-corrected chi connectivity index (χ2v) is 11.9. The molecular weight excluding hydrogens is 553 g/mol. The van der Waals surface area contributed by atoms with Crippen molar-refractivity contribution in [2.75, 3.05) is 52.6 Å². The van der Waals surface area contributed by atoms with Crippen LogP contribution >= 0.6 is 0 Å². The topological polar surface area (TPSA) is 127 Å². The van der Waals surface area contributed by atoms with Gasteiger partial charge in [-0.15, -0.1) is 0 Å². The fraction of sp³-hybridized carbons (Fsp3) is 0.536. The zero-order valence-electron chi connectivity index (χ0n) is 23.8. The highest BCUT2D eigenvalue weighted by molar-refractivity contribution is 7.89. The lowest BCUT2D eigenvalue weighted by Crippen LogP contribution is -2.49. The van der Waals surface area contributed by atoms with Gasteiger partial charge in [-0.1, -0.05) is 6.92 Å². The third kappa shape index (κ3) is 6.96. The molecule has 3 aromatic rings. The Morgan fingerprint density at radius 1 is 1.15 bits per heavy atom. The van der Waals surface area contributed by atoms with E-state index < -0.39 is 16.7 Å². The number of piperazine rings is 1. The SMILES string of the molecule is CCCOc1ccc(S(=O)(=O)N2CCN(CCOC(C)=O)CC2)cc1-c1nc2c(CCCF)cn(CC)c2c(=O)[nH]1. The zero-order chi connectivity index (χ0) is 29.6. The van der Waals surface area contributed by atoms with Crippen molar-refractivity contribution in [2.45, 2.75) is 51.5 Å². The summed E-state index contributed by atoms with van der Waals surface area (Å²) in [6.45, 7) is 8.08. The number of aromatic nitrogens is 3. The summed E-state index contributed by atoms with van der Waals surface area (Å²) in [5, 5.41) is 0. The number of rotatable bonds is 13. The van der Waals surface area contributed by atoms with Crippen LogP contribution in [0.2, 0.25) is 0 Å². The molecule has 224 valence electrons. The maximum Gasteiger partial charge on any atom is 0.302 e. The number of sulfonamides is 1. The Hall–Kier alpha value is -3.29. The van der Waals surface area contributed by atoms with E-state index in [1.54, 1.807) is 10.6 Å². The quantitative estimate of drug-likeness (QED) is 0.301. The number of esters is 1. The summed E-state index contributed by atoms with van der Waals surface area (Å²) in [6.07, 6.45) is 3.29. The number of hydrogen-bond acceptors (Lipinski definition) is 8. The number of benzene rings is 1. The highest BCUT2D eigenvalue weighted by atomic mass is 32.2. The average molecular weight is 592 g/mol. The van der Waals surface area contributed by atoms with Crippen LogP contribution in [0.1, 0.15) is 39.2 Å². The van der Waals surface area contributed by atoms with Gasteiger partial charge in [0.1, 0.15) is 23.7 Å². The first-order chi connectivity index (χ1) is 19.7. The predicted octanol–water partition coefficient (Wildman–Crippen LogP) is 2.97. The van der Waals surface area contributed by atoms with E-state index in [9.17, 15) is 22.4 Å². The van der Waals surface area contributed by atoms with Gasteiger partial charge in [0, 0.05) is 52.4 Å². The van der Waals surface area contributed by atoms with Crippen LogP contribution in [0.3, 0.4) is 0 Å². The molecule has 0 spiro atoms. The van der Waals surface area contributed by atoms with Crippen molar-refractivity contribution in [3.05, 3.63) is 40.3 Å². The Morgan fingerprint density at radius 3 is 2.56 bits per heavy atom. The molecule has 1 aromatic carbocycles. The number of halogens is 1. The second kappa shape index (κ2) is 13.6. The van der Waals surface area contributed by atoms with Gasteiger partial charge in [-0.2, -0.15) is 4.31 Å². The van der Waals surface area contributed by atoms with Gasteiger partial charge >= 0.3 is 5.97 Å². The van der Waals surface area contributed by atoms with E-state index in [-0.39, 0.29) is 41.9 Å². The van der Waals surface area contributed by atoms with Crippen LogP contribution in [0.5, 0.6) is 5.75 Å². The van der Waals surface area contributed by atoms with Crippen LogP contribution in [0.15, 0.2) is 34.1 Å². The Bertz CT molecular complexity index is 1530. The molecule has 41 heavy (non-hydrogen) atoms. The van der Waals surface area contributed by atoms with E-state index in [2.05, 4.69) is 9.88 Å². The molecule has 0 saturated carbocycles. The van der Waals surface area contributed by atoms with Crippen LogP contribution < -0.4 is 10.3 Å². The number of carbonyl (C=O) groups is 1. The number of aryl methyl sites for hydroxylation is 2. The van der Waals surface area contributed by atoms with E-state index in [1.807, 2.05) is 20.0 Å². The molecule has 4 rings (SSSR count). The first-order valence-electron chi connectivity index (χ1n) is 14.0. The molecule has 0 unspecified atom stereocenters. The standard InChI is InChI=1S/C28H38FN5O6S/c1-4-16-40-24-9-8-22(41(37,38)34-13-11-32(12-14-34)15-17-39-20(3)35)18-23(24)27-30-25-21(7-6-10-29)19-33(5-2)26(25)28(36)31-27/h8-9,18-19H,4-7,10-17H2,1-3H3,(H,30,31,36). The molecule has 3 heterocycles. The Morgan fingerprint density at radius 2 is 1.90 bits per heavy atom. The smallest absolute Gasteiger partial charge is 0.302 e. The van der Waals surface area contributed by atoms with Gasteiger partial charge in [0.25, 0.3) is 5.56 Å². The van der Waals surface area contributed by atoms with Crippen molar-refractivity contribution < 1.29 is 27.1 Å². The van der Waals surface area contributed by atoms with Crippen LogP contribution in [0.25, 0.3) is 22.4 Å². The lowest BCUT2D eigenvalue weighted by atomic mass is 10.1. The van der Waals surface area contributed by atoms with Crippen LogP contribution in [-0.2, 0) is 32.5 Å². The van der Waals surface area contributed by atoms with Crippen molar-refractivity contribution in [1.82, 2.24) is 23.7 Å². The third-order valence-electron chi connectivity index (χ3n) is 7.07. The summed E-state index contributed by atoms with van der Waals surface area (Å²) < 4.78 is 54.5. The van der Waals surface area contributed by atoms with E-state index in [0.29, 0.717) is 68.0 Å². The lowest BCUT2D eigenvalue weighted by molar-refractivity contribution is -0.141. The summed E-state index contributed by atoms with van der Waals surface area (Å²) >= 11 is 0. The first kappa shape index (κ1) is 30.7. The highest BCUT2D eigenvalue weighted by Gasteiger charge is 2.30. The van der Waals surface area contributed by atoms with E-state index in [0.717, 1.165) is 12.0 Å². The molecule has 0 amide bonds. The fourth-order valence-corrected chi connectivity index (χ4v) is 6.39. The molecule has 1 saturated heterocycles. The molecule has 2 aromatic heterocycles. The summed E-state index contributed by atoms with van der Waals surface area (Å²) in [4.78, 5) is 34.0. The minimum atomic E-state index is -3.86. The highest BCUT2D eigenvalue weighted by Crippen LogP contribution is 2.33. The van der Waals surface area contributed by atoms with Crippen LogP contribution in [0, 0.1) is 0 Å².